The van der Waals surface area contributed by atoms with E-state index < -0.39 is 0 Å². The Hall–Kier alpha value is -0.620. The highest BCUT2D eigenvalue weighted by atomic mass is 32.2. The van der Waals surface area contributed by atoms with E-state index in [4.69, 9.17) is 5.73 Å². The van der Waals surface area contributed by atoms with Crippen molar-refractivity contribution in [1.82, 2.24) is 20.2 Å². The van der Waals surface area contributed by atoms with E-state index in [2.05, 4.69) is 29.4 Å². The second-order valence-corrected chi connectivity index (χ2v) is 7.08. The summed E-state index contributed by atoms with van der Waals surface area (Å²) in [6.07, 6.45) is 4.80. The molecule has 0 saturated heterocycles. The Kier molecular flexibility index (Phi) is 3.32. The van der Waals surface area contributed by atoms with E-state index in [1.165, 1.54) is 19.3 Å². The maximum absolute atomic E-state index is 6.32. The zero-order chi connectivity index (χ0) is 12.7. The second kappa shape index (κ2) is 4.81. The molecule has 1 aromatic heterocycles. The van der Waals surface area contributed by atoms with Crippen molar-refractivity contribution in [3.05, 3.63) is 0 Å². The molecule has 1 aromatic rings. The van der Waals surface area contributed by atoms with Gasteiger partial charge in [0.1, 0.15) is 0 Å². The minimum atomic E-state index is 0.262. The van der Waals surface area contributed by atoms with Crippen LogP contribution in [0.4, 0.5) is 0 Å². The highest BCUT2D eigenvalue weighted by Crippen LogP contribution is 2.41. The molecule has 4 unspecified atom stereocenters. The van der Waals surface area contributed by atoms with Crippen molar-refractivity contribution in [3.8, 4) is 0 Å². The lowest BCUT2D eigenvalue weighted by atomic mass is 9.80. The number of nitrogens with two attached hydrogens (primary N) is 1. The quantitative estimate of drug-likeness (QED) is 0.905. The number of aromatic nitrogens is 4. The molecule has 4 atom stereocenters. The van der Waals surface area contributed by atoms with E-state index in [0.717, 1.165) is 17.5 Å². The highest BCUT2D eigenvalue weighted by molar-refractivity contribution is 7.99. The number of hydrogen-bond donors (Lipinski definition) is 1. The van der Waals surface area contributed by atoms with Gasteiger partial charge in [0, 0.05) is 11.3 Å². The molecular formula is C12H21N5S. The summed E-state index contributed by atoms with van der Waals surface area (Å²) in [4.78, 5) is 0. The first-order chi connectivity index (χ1) is 8.65. The van der Waals surface area contributed by atoms with Crippen LogP contribution >= 0.6 is 11.8 Å². The van der Waals surface area contributed by atoms with Crippen molar-refractivity contribution in [2.24, 2.45) is 17.6 Å². The third-order valence-electron chi connectivity index (χ3n) is 4.03. The summed E-state index contributed by atoms with van der Waals surface area (Å²) in [6, 6.07) is 0.801. The van der Waals surface area contributed by atoms with Crippen molar-refractivity contribution >= 4 is 11.8 Å². The Labute approximate surface area is 112 Å². The number of tetrazole rings is 1. The molecule has 0 aromatic carbocycles. The Morgan fingerprint density at radius 1 is 1.28 bits per heavy atom. The van der Waals surface area contributed by atoms with Gasteiger partial charge >= 0.3 is 0 Å². The van der Waals surface area contributed by atoms with Crippen LogP contribution in [0.15, 0.2) is 5.16 Å². The molecule has 0 spiro atoms. The van der Waals surface area contributed by atoms with Crippen LogP contribution in [-0.4, -0.2) is 31.5 Å². The van der Waals surface area contributed by atoms with E-state index in [1.54, 1.807) is 11.8 Å². The standard InChI is InChI=1S/C12H21N5S/c1-7-5-8(2)11(10(13)6-7)18-12-14-15-16-17(12)9-3-4-9/h7-11H,3-6,13H2,1-2H3. The fourth-order valence-corrected chi connectivity index (χ4v) is 4.27. The van der Waals surface area contributed by atoms with Gasteiger partial charge < -0.3 is 5.73 Å². The van der Waals surface area contributed by atoms with E-state index in [9.17, 15) is 0 Å². The third-order valence-corrected chi connectivity index (χ3v) is 5.59. The van der Waals surface area contributed by atoms with Gasteiger partial charge in [0.25, 0.3) is 0 Å². The van der Waals surface area contributed by atoms with Crippen molar-refractivity contribution in [1.29, 1.82) is 0 Å². The molecule has 3 rings (SSSR count). The first kappa shape index (κ1) is 12.4. The van der Waals surface area contributed by atoms with E-state index in [0.29, 0.717) is 17.2 Å². The summed E-state index contributed by atoms with van der Waals surface area (Å²) < 4.78 is 1.99. The monoisotopic (exact) mass is 267 g/mol. The number of thioether (sulfide) groups is 1. The van der Waals surface area contributed by atoms with Gasteiger partial charge in [-0.15, -0.1) is 5.10 Å². The fraction of sp³-hybridized carbons (Fsp3) is 0.917. The lowest BCUT2D eigenvalue weighted by molar-refractivity contribution is 0.279. The van der Waals surface area contributed by atoms with Crippen LogP contribution in [0.1, 0.15) is 45.6 Å². The molecule has 18 heavy (non-hydrogen) atoms. The zero-order valence-corrected chi connectivity index (χ0v) is 11.8. The van der Waals surface area contributed by atoms with Crippen molar-refractivity contribution in [2.45, 2.75) is 62.0 Å². The van der Waals surface area contributed by atoms with Gasteiger partial charge in [0.15, 0.2) is 0 Å². The van der Waals surface area contributed by atoms with Gasteiger partial charge in [-0.2, -0.15) is 0 Å². The van der Waals surface area contributed by atoms with E-state index in [1.807, 2.05) is 4.68 Å². The van der Waals surface area contributed by atoms with Crippen molar-refractivity contribution in [3.63, 3.8) is 0 Å². The molecule has 2 aliphatic rings. The van der Waals surface area contributed by atoms with Gasteiger partial charge in [0.05, 0.1) is 6.04 Å². The smallest absolute Gasteiger partial charge is 0.209 e. The number of nitrogens with zero attached hydrogens (tertiary/aromatic N) is 4. The van der Waals surface area contributed by atoms with Gasteiger partial charge in [-0.3, -0.25) is 0 Å². The van der Waals surface area contributed by atoms with Gasteiger partial charge in [0.2, 0.25) is 5.16 Å². The largest absolute Gasteiger partial charge is 0.327 e. The number of rotatable bonds is 3. The predicted octanol–water partition coefficient (Wildman–Crippen LogP) is 1.86. The van der Waals surface area contributed by atoms with Gasteiger partial charge in [-0.25, -0.2) is 4.68 Å². The molecule has 100 valence electrons. The predicted molar refractivity (Wildman–Crippen MR) is 71.3 cm³/mol. The lowest BCUT2D eigenvalue weighted by Gasteiger charge is -2.36. The molecule has 6 heteroatoms. The van der Waals surface area contributed by atoms with Gasteiger partial charge in [-0.05, 0) is 47.9 Å². The number of hydrogen-bond acceptors (Lipinski definition) is 5. The fourth-order valence-electron chi connectivity index (χ4n) is 3.02. The average Bonchev–Trinajstić information content (AvgIpc) is 3.04. The normalized spacial score (nSPS) is 36.8. The summed E-state index contributed by atoms with van der Waals surface area (Å²) in [7, 11) is 0. The summed E-state index contributed by atoms with van der Waals surface area (Å²) in [5, 5.41) is 13.5. The highest BCUT2D eigenvalue weighted by Gasteiger charge is 2.35. The zero-order valence-electron chi connectivity index (χ0n) is 11.0. The summed E-state index contributed by atoms with van der Waals surface area (Å²) in [6.45, 7) is 4.60. The molecule has 0 aliphatic heterocycles. The topological polar surface area (TPSA) is 69.6 Å². The Bertz CT molecular complexity index is 404. The first-order valence-corrected chi connectivity index (χ1v) is 7.73. The van der Waals surface area contributed by atoms with Crippen LogP contribution in [0.3, 0.4) is 0 Å². The molecule has 2 fully saturated rings. The van der Waals surface area contributed by atoms with Crippen LogP contribution in [-0.2, 0) is 0 Å². The average molecular weight is 267 g/mol. The molecule has 2 aliphatic carbocycles. The lowest BCUT2D eigenvalue weighted by Crippen LogP contribution is -2.43. The molecule has 0 amide bonds. The summed E-state index contributed by atoms with van der Waals surface area (Å²) in [5.74, 6) is 1.38. The summed E-state index contributed by atoms with van der Waals surface area (Å²) >= 11 is 1.79. The maximum Gasteiger partial charge on any atom is 0.209 e. The molecule has 5 nitrogen and oxygen atoms in total. The van der Waals surface area contributed by atoms with E-state index >= 15 is 0 Å². The van der Waals surface area contributed by atoms with Crippen LogP contribution in [0.2, 0.25) is 0 Å². The molecule has 2 saturated carbocycles. The van der Waals surface area contributed by atoms with Crippen LogP contribution in [0.25, 0.3) is 0 Å². The second-order valence-electron chi connectivity index (χ2n) is 5.94. The first-order valence-electron chi connectivity index (χ1n) is 6.85. The Balaban J connectivity index is 1.72. The molecule has 1 heterocycles. The molecular weight excluding hydrogens is 246 g/mol. The van der Waals surface area contributed by atoms with Crippen LogP contribution < -0.4 is 5.73 Å². The summed E-state index contributed by atoms with van der Waals surface area (Å²) in [5.41, 5.74) is 6.32. The van der Waals surface area contributed by atoms with Crippen LogP contribution in [0.5, 0.6) is 0 Å². The maximum atomic E-state index is 6.32. The van der Waals surface area contributed by atoms with Crippen LogP contribution in [0, 0.1) is 11.8 Å². The molecule has 0 bridgehead atoms. The van der Waals surface area contributed by atoms with E-state index in [-0.39, 0.29) is 6.04 Å². The molecule has 0 radical (unpaired) electrons. The minimum absolute atomic E-state index is 0.262. The molecule has 2 N–H and O–H groups in total. The van der Waals surface area contributed by atoms with Crippen molar-refractivity contribution in [2.75, 3.05) is 0 Å². The van der Waals surface area contributed by atoms with Crippen molar-refractivity contribution < 1.29 is 0 Å². The SMILES string of the molecule is CC1CC(C)C(Sc2nnnn2C2CC2)C(N)C1. The Morgan fingerprint density at radius 2 is 2.06 bits per heavy atom. The van der Waals surface area contributed by atoms with Gasteiger partial charge in [-0.1, -0.05) is 25.6 Å². The third kappa shape index (κ3) is 2.40. The minimum Gasteiger partial charge on any atom is -0.327 e. The Morgan fingerprint density at radius 3 is 2.72 bits per heavy atom.